The third kappa shape index (κ3) is 2.25. The zero-order chi connectivity index (χ0) is 4.99. The molecule has 1 atom stereocenters. The molecule has 0 aromatic heterocycles. The van der Waals surface area contributed by atoms with Gasteiger partial charge in [-0.1, -0.05) is 27.2 Å². The van der Waals surface area contributed by atoms with E-state index in [1.54, 1.807) is 0 Å². The van der Waals surface area contributed by atoms with Gasteiger partial charge in [-0.05, 0) is 12.3 Å². The average Bonchev–Trinajstić information content (AvgIpc) is 1.65. The van der Waals surface area contributed by atoms with Gasteiger partial charge in [-0.25, -0.2) is 0 Å². The molecule has 0 unspecified atom stereocenters. The van der Waals surface area contributed by atoms with E-state index in [0.29, 0.717) is 0 Å². The maximum Gasteiger partial charge on any atom is -0.0389 e. The minimum absolute atomic E-state index is 0.810. The maximum absolute atomic E-state index is 2.22. The SMILES string of the molecule is C[CH][C@@H](C)CC. The van der Waals surface area contributed by atoms with E-state index in [1.165, 1.54) is 6.42 Å². The molecule has 0 aromatic rings. The summed E-state index contributed by atoms with van der Waals surface area (Å²) in [4.78, 5) is 0. The van der Waals surface area contributed by atoms with Crippen molar-refractivity contribution in [2.45, 2.75) is 27.2 Å². The lowest BCUT2D eigenvalue weighted by molar-refractivity contribution is 0.649. The van der Waals surface area contributed by atoms with Gasteiger partial charge in [0.15, 0.2) is 0 Å². The summed E-state index contributed by atoms with van der Waals surface area (Å²) < 4.78 is 0. The molecule has 0 aliphatic carbocycles. The molecule has 0 aliphatic rings. The van der Waals surface area contributed by atoms with Crippen LogP contribution in [0.1, 0.15) is 27.2 Å². The van der Waals surface area contributed by atoms with Gasteiger partial charge in [0.25, 0.3) is 0 Å². The second-order valence-corrected chi connectivity index (χ2v) is 1.72. The molecule has 37 valence electrons. The lowest BCUT2D eigenvalue weighted by Crippen LogP contribution is -1.86. The van der Waals surface area contributed by atoms with Crippen LogP contribution in [-0.4, -0.2) is 0 Å². The summed E-state index contributed by atoms with van der Waals surface area (Å²) >= 11 is 0. The van der Waals surface area contributed by atoms with Gasteiger partial charge in [0, 0.05) is 0 Å². The molecule has 0 fully saturated rings. The second kappa shape index (κ2) is 3.20. The lowest BCUT2D eigenvalue weighted by atomic mass is 10.1. The number of rotatable bonds is 2. The highest BCUT2D eigenvalue weighted by atomic mass is 13.9. The Balaban J connectivity index is 2.75. The van der Waals surface area contributed by atoms with Crippen molar-refractivity contribution in [3.05, 3.63) is 6.42 Å². The monoisotopic (exact) mass is 85.1 g/mol. The first-order chi connectivity index (χ1) is 2.81. The highest BCUT2D eigenvalue weighted by Crippen LogP contribution is 2.01. The molecule has 0 nitrogen and oxygen atoms in total. The first kappa shape index (κ1) is 6.00. The highest BCUT2D eigenvalue weighted by molar-refractivity contribution is 4.62. The van der Waals surface area contributed by atoms with Gasteiger partial charge < -0.3 is 0 Å². The molecule has 0 spiro atoms. The van der Waals surface area contributed by atoms with Crippen molar-refractivity contribution in [1.29, 1.82) is 0 Å². The third-order valence-corrected chi connectivity index (χ3v) is 1.21. The fraction of sp³-hybridized carbons (Fsp3) is 0.833. The van der Waals surface area contributed by atoms with Crippen molar-refractivity contribution in [3.63, 3.8) is 0 Å². The van der Waals surface area contributed by atoms with Crippen molar-refractivity contribution in [3.8, 4) is 0 Å². The standard InChI is InChI=1S/C6H13/c1-4-6(3)5-2/h4,6H,5H2,1-3H3/t6-/m1/s1. The molecular formula is C6H13. The largest absolute Gasteiger partial charge is 0.0651 e. The van der Waals surface area contributed by atoms with Crippen LogP contribution in [0.25, 0.3) is 0 Å². The Morgan fingerprint density at radius 2 is 2.17 bits per heavy atom. The average molecular weight is 85.2 g/mol. The van der Waals surface area contributed by atoms with E-state index in [9.17, 15) is 0 Å². The Bertz CT molecular complexity index is 19.2. The molecule has 6 heavy (non-hydrogen) atoms. The Morgan fingerprint density at radius 1 is 1.67 bits per heavy atom. The van der Waals surface area contributed by atoms with Crippen molar-refractivity contribution >= 4 is 0 Å². The van der Waals surface area contributed by atoms with E-state index >= 15 is 0 Å². The van der Waals surface area contributed by atoms with Gasteiger partial charge in [0.05, 0.1) is 0 Å². The Kier molecular flexibility index (Phi) is 3.20. The second-order valence-electron chi connectivity index (χ2n) is 1.72. The normalized spacial score (nSPS) is 10.0. The Morgan fingerprint density at radius 3 is 2.17 bits per heavy atom. The van der Waals surface area contributed by atoms with Crippen LogP contribution in [0.2, 0.25) is 0 Å². The van der Waals surface area contributed by atoms with Gasteiger partial charge in [-0.2, -0.15) is 0 Å². The van der Waals surface area contributed by atoms with E-state index in [4.69, 9.17) is 0 Å². The Hall–Kier alpha value is 0. The van der Waals surface area contributed by atoms with Crippen molar-refractivity contribution in [2.24, 2.45) is 5.92 Å². The minimum Gasteiger partial charge on any atom is -0.0651 e. The molecule has 1 radical (unpaired) electrons. The van der Waals surface area contributed by atoms with Crippen LogP contribution in [-0.2, 0) is 0 Å². The first-order valence-corrected chi connectivity index (χ1v) is 2.60. The Labute approximate surface area is 40.6 Å². The van der Waals surface area contributed by atoms with Crippen LogP contribution in [0.15, 0.2) is 0 Å². The first-order valence-electron chi connectivity index (χ1n) is 2.60. The number of hydrogen-bond donors (Lipinski definition) is 0. The fourth-order valence-electron chi connectivity index (χ4n) is 0.236. The van der Waals surface area contributed by atoms with E-state index in [-0.39, 0.29) is 0 Å². The predicted octanol–water partition coefficient (Wildman–Crippen LogP) is 2.26. The van der Waals surface area contributed by atoms with Crippen molar-refractivity contribution in [2.75, 3.05) is 0 Å². The van der Waals surface area contributed by atoms with E-state index in [0.717, 1.165) is 5.92 Å². The molecule has 0 aromatic carbocycles. The van der Waals surface area contributed by atoms with Gasteiger partial charge in [-0.15, -0.1) is 0 Å². The summed E-state index contributed by atoms with van der Waals surface area (Å²) in [6.45, 7) is 6.53. The summed E-state index contributed by atoms with van der Waals surface area (Å²) in [7, 11) is 0. The van der Waals surface area contributed by atoms with E-state index in [2.05, 4.69) is 27.2 Å². The lowest BCUT2D eigenvalue weighted by Gasteiger charge is -1.98. The van der Waals surface area contributed by atoms with Crippen molar-refractivity contribution in [1.82, 2.24) is 0 Å². The summed E-state index contributed by atoms with van der Waals surface area (Å²) in [5, 5.41) is 0. The highest BCUT2D eigenvalue weighted by Gasteiger charge is 1.89. The summed E-state index contributed by atoms with van der Waals surface area (Å²) in [5.74, 6) is 0.810. The van der Waals surface area contributed by atoms with Crippen LogP contribution in [0.5, 0.6) is 0 Å². The molecule has 0 rings (SSSR count). The zero-order valence-corrected chi connectivity index (χ0v) is 4.86. The van der Waals surface area contributed by atoms with E-state index in [1.807, 2.05) is 0 Å². The van der Waals surface area contributed by atoms with Gasteiger partial charge >= 0.3 is 0 Å². The summed E-state index contributed by atoms with van der Waals surface area (Å²) in [5.41, 5.74) is 0. The van der Waals surface area contributed by atoms with Crippen molar-refractivity contribution < 1.29 is 0 Å². The summed E-state index contributed by atoms with van der Waals surface area (Å²) in [6, 6.07) is 0. The third-order valence-electron chi connectivity index (χ3n) is 1.21. The molecular weight excluding hydrogens is 72.1 g/mol. The molecule has 0 heteroatoms. The topological polar surface area (TPSA) is 0 Å². The zero-order valence-electron chi connectivity index (χ0n) is 4.86. The molecule has 0 aliphatic heterocycles. The molecule has 0 saturated heterocycles. The smallest absolute Gasteiger partial charge is 0.0389 e. The maximum atomic E-state index is 2.22. The van der Waals surface area contributed by atoms with Gasteiger partial charge in [0.2, 0.25) is 0 Å². The van der Waals surface area contributed by atoms with Crippen LogP contribution in [0.3, 0.4) is 0 Å². The molecule has 0 heterocycles. The van der Waals surface area contributed by atoms with Crippen LogP contribution in [0, 0.1) is 12.3 Å². The van der Waals surface area contributed by atoms with Crippen LogP contribution < -0.4 is 0 Å². The molecule has 0 amide bonds. The molecule has 0 N–H and O–H groups in total. The van der Waals surface area contributed by atoms with Crippen LogP contribution in [0.4, 0.5) is 0 Å². The quantitative estimate of drug-likeness (QED) is 0.482. The van der Waals surface area contributed by atoms with Gasteiger partial charge in [-0.3, -0.25) is 0 Å². The minimum atomic E-state index is 0.810. The molecule has 0 saturated carbocycles. The number of hydrogen-bond acceptors (Lipinski definition) is 0. The van der Waals surface area contributed by atoms with Crippen LogP contribution >= 0.6 is 0 Å². The molecule has 0 bridgehead atoms. The van der Waals surface area contributed by atoms with E-state index < -0.39 is 0 Å². The summed E-state index contributed by atoms with van der Waals surface area (Å²) in [6.07, 6.45) is 3.50. The van der Waals surface area contributed by atoms with Gasteiger partial charge in [0.1, 0.15) is 0 Å². The fourth-order valence-corrected chi connectivity index (χ4v) is 0.236. The predicted molar refractivity (Wildman–Crippen MR) is 29.4 cm³/mol.